The summed E-state index contributed by atoms with van der Waals surface area (Å²) in [6.07, 6.45) is 4.06. The summed E-state index contributed by atoms with van der Waals surface area (Å²) in [5, 5.41) is 13.6. The molecule has 0 spiro atoms. The van der Waals surface area contributed by atoms with Gasteiger partial charge in [-0.3, -0.25) is 14.4 Å². The van der Waals surface area contributed by atoms with Crippen molar-refractivity contribution in [3.8, 4) is 5.75 Å². The molecule has 3 heterocycles. The smallest absolute Gasteiger partial charge is 0.241 e. The van der Waals surface area contributed by atoms with Gasteiger partial charge in [-0.05, 0) is 37.6 Å². The quantitative estimate of drug-likeness (QED) is 0.863. The third kappa shape index (κ3) is 3.99. The fraction of sp³-hybridized carbons (Fsp3) is 0.500. The molecule has 0 radical (unpaired) electrons. The molecule has 27 heavy (non-hydrogen) atoms. The van der Waals surface area contributed by atoms with Crippen LogP contribution in [0.3, 0.4) is 0 Å². The van der Waals surface area contributed by atoms with Crippen LogP contribution in [0, 0.1) is 0 Å². The molecule has 1 amide bonds. The van der Waals surface area contributed by atoms with Gasteiger partial charge in [-0.1, -0.05) is 12.1 Å². The Balaban J connectivity index is 1.40. The third-order valence-electron chi connectivity index (χ3n) is 5.30. The Bertz CT molecular complexity index is 791. The first-order valence-electron chi connectivity index (χ1n) is 9.63. The van der Waals surface area contributed by atoms with Crippen LogP contribution in [0.4, 0.5) is 5.69 Å². The van der Waals surface area contributed by atoms with Crippen molar-refractivity contribution >= 4 is 11.6 Å². The summed E-state index contributed by atoms with van der Waals surface area (Å²) in [5.41, 5.74) is 1.92. The molecule has 1 saturated heterocycles. The molecular weight excluding hydrogens is 344 g/mol. The van der Waals surface area contributed by atoms with E-state index in [0.29, 0.717) is 32.2 Å². The molecule has 4 rings (SSSR count). The van der Waals surface area contributed by atoms with Gasteiger partial charge in [0.05, 0.1) is 37.6 Å². The van der Waals surface area contributed by atoms with Gasteiger partial charge in [0.1, 0.15) is 12.4 Å². The predicted octanol–water partition coefficient (Wildman–Crippen LogP) is 1.48. The summed E-state index contributed by atoms with van der Waals surface area (Å²) in [6, 6.07) is 9.75. The van der Waals surface area contributed by atoms with E-state index in [1.54, 1.807) is 4.68 Å². The zero-order valence-electron chi connectivity index (χ0n) is 15.5. The van der Waals surface area contributed by atoms with Gasteiger partial charge in [0, 0.05) is 18.7 Å². The lowest BCUT2D eigenvalue weighted by Gasteiger charge is -2.34. The Labute approximate surface area is 159 Å². The van der Waals surface area contributed by atoms with Gasteiger partial charge in [-0.15, -0.1) is 0 Å². The van der Waals surface area contributed by atoms with Crippen molar-refractivity contribution in [1.82, 2.24) is 14.7 Å². The van der Waals surface area contributed by atoms with Crippen LogP contribution >= 0.6 is 0 Å². The second-order valence-corrected chi connectivity index (χ2v) is 7.16. The number of benzene rings is 1. The SMILES string of the molecule is O=C(CN1CCCC(c2ccn(CCO)n2)C1)N1CCOc2ccccc21. The van der Waals surface area contributed by atoms with Crippen molar-refractivity contribution in [3.05, 3.63) is 42.2 Å². The van der Waals surface area contributed by atoms with Crippen LogP contribution in [0.2, 0.25) is 0 Å². The lowest BCUT2D eigenvalue weighted by Crippen LogP contribution is -2.46. The minimum atomic E-state index is 0.0907. The number of ether oxygens (including phenoxy) is 1. The number of amides is 1. The van der Waals surface area contributed by atoms with E-state index in [1.807, 2.05) is 41.4 Å². The molecule has 2 aliphatic heterocycles. The molecule has 0 bridgehead atoms. The Morgan fingerprint density at radius 3 is 3.04 bits per heavy atom. The van der Waals surface area contributed by atoms with Gasteiger partial charge in [-0.25, -0.2) is 0 Å². The molecule has 1 unspecified atom stereocenters. The first-order chi connectivity index (χ1) is 13.2. The average molecular weight is 370 g/mol. The van der Waals surface area contributed by atoms with Crippen LogP contribution in [-0.2, 0) is 11.3 Å². The molecule has 0 aliphatic carbocycles. The van der Waals surface area contributed by atoms with Gasteiger partial charge in [0.15, 0.2) is 0 Å². The number of piperidine rings is 1. The number of rotatable bonds is 5. The van der Waals surface area contributed by atoms with Gasteiger partial charge in [-0.2, -0.15) is 5.10 Å². The van der Waals surface area contributed by atoms with Crippen molar-refractivity contribution in [3.63, 3.8) is 0 Å². The average Bonchev–Trinajstić information content (AvgIpc) is 3.17. The summed E-state index contributed by atoms with van der Waals surface area (Å²) < 4.78 is 7.44. The second kappa shape index (κ2) is 8.10. The Morgan fingerprint density at radius 1 is 1.26 bits per heavy atom. The highest BCUT2D eigenvalue weighted by atomic mass is 16.5. The molecule has 1 aromatic carbocycles. The van der Waals surface area contributed by atoms with Crippen LogP contribution in [0.25, 0.3) is 0 Å². The van der Waals surface area contributed by atoms with Crippen molar-refractivity contribution < 1.29 is 14.6 Å². The number of aliphatic hydroxyl groups is 1. The molecule has 0 saturated carbocycles. The first kappa shape index (κ1) is 18.0. The third-order valence-corrected chi connectivity index (χ3v) is 5.30. The zero-order chi connectivity index (χ0) is 18.6. The van der Waals surface area contributed by atoms with Crippen molar-refractivity contribution in [2.75, 3.05) is 44.3 Å². The van der Waals surface area contributed by atoms with E-state index in [2.05, 4.69) is 10.00 Å². The molecule has 2 aliphatic rings. The second-order valence-electron chi connectivity index (χ2n) is 7.16. The van der Waals surface area contributed by atoms with Crippen LogP contribution in [-0.4, -0.2) is 65.1 Å². The maximum atomic E-state index is 12.9. The van der Waals surface area contributed by atoms with Crippen LogP contribution in [0.15, 0.2) is 36.5 Å². The van der Waals surface area contributed by atoms with E-state index >= 15 is 0 Å². The highest BCUT2D eigenvalue weighted by Gasteiger charge is 2.28. The van der Waals surface area contributed by atoms with Crippen LogP contribution in [0.5, 0.6) is 5.75 Å². The van der Waals surface area contributed by atoms with Gasteiger partial charge in [0.25, 0.3) is 0 Å². The molecule has 1 fully saturated rings. The van der Waals surface area contributed by atoms with Crippen molar-refractivity contribution in [2.24, 2.45) is 0 Å². The number of aromatic nitrogens is 2. The number of likely N-dealkylation sites (tertiary alicyclic amines) is 1. The van der Waals surface area contributed by atoms with E-state index in [0.717, 1.165) is 43.1 Å². The number of aliphatic hydroxyl groups excluding tert-OH is 1. The Hall–Kier alpha value is -2.38. The number of fused-ring (bicyclic) bond motifs is 1. The minimum absolute atomic E-state index is 0.0907. The maximum absolute atomic E-state index is 12.9. The highest BCUT2D eigenvalue weighted by Crippen LogP contribution is 2.31. The van der Waals surface area contributed by atoms with Crippen LogP contribution < -0.4 is 9.64 Å². The number of hydrogen-bond acceptors (Lipinski definition) is 5. The molecule has 2 aromatic rings. The lowest BCUT2D eigenvalue weighted by molar-refractivity contribution is -0.120. The molecule has 1 N–H and O–H groups in total. The number of anilines is 1. The monoisotopic (exact) mass is 370 g/mol. The highest BCUT2D eigenvalue weighted by molar-refractivity contribution is 5.96. The van der Waals surface area contributed by atoms with Crippen molar-refractivity contribution in [1.29, 1.82) is 0 Å². The Kier molecular flexibility index (Phi) is 5.40. The van der Waals surface area contributed by atoms with E-state index in [4.69, 9.17) is 9.84 Å². The fourth-order valence-electron chi connectivity index (χ4n) is 3.97. The molecule has 7 heteroatoms. The number of nitrogens with zero attached hydrogens (tertiary/aromatic N) is 4. The summed E-state index contributed by atoms with van der Waals surface area (Å²) in [4.78, 5) is 17.0. The van der Waals surface area contributed by atoms with E-state index in [1.165, 1.54) is 0 Å². The maximum Gasteiger partial charge on any atom is 0.241 e. The number of hydrogen-bond donors (Lipinski definition) is 1. The first-order valence-corrected chi connectivity index (χ1v) is 9.63. The number of carbonyl (C=O) groups is 1. The molecular formula is C20H26N4O3. The predicted molar refractivity (Wildman–Crippen MR) is 102 cm³/mol. The normalized spacial score (nSPS) is 20.2. The topological polar surface area (TPSA) is 70.8 Å². The van der Waals surface area contributed by atoms with E-state index in [-0.39, 0.29) is 12.5 Å². The van der Waals surface area contributed by atoms with Gasteiger partial charge >= 0.3 is 0 Å². The van der Waals surface area contributed by atoms with Crippen molar-refractivity contribution in [2.45, 2.75) is 25.3 Å². The standard InChI is InChI=1S/C20H26N4O3/c25-12-10-23-9-7-17(21-23)16-4-3-8-22(14-16)15-20(26)24-11-13-27-19-6-2-1-5-18(19)24/h1-2,5-7,9,16,25H,3-4,8,10-15H2. The summed E-state index contributed by atoms with van der Waals surface area (Å²) in [6.45, 7) is 3.94. The summed E-state index contributed by atoms with van der Waals surface area (Å²) in [5.74, 6) is 1.24. The molecule has 144 valence electrons. The fourth-order valence-corrected chi connectivity index (χ4v) is 3.97. The number of para-hydroxylation sites is 2. The molecule has 1 aromatic heterocycles. The van der Waals surface area contributed by atoms with Gasteiger partial charge < -0.3 is 14.7 Å². The Morgan fingerprint density at radius 2 is 2.15 bits per heavy atom. The van der Waals surface area contributed by atoms with E-state index < -0.39 is 0 Å². The molecule has 1 atom stereocenters. The number of carbonyl (C=O) groups excluding carboxylic acids is 1. The van der Waals surface area contributed by atoms with E-state index in [9.17, 15) is 4.79 Å². The molecule has 7 nitrogen and oxygen atoms in total. The van der Waals surface area contributed by atoms with Crippen LogP contribution in [0.1, 0.15) is 24.5 Å². The lowest BCUT2D eigenvalue weighted by atomic mass is 9.95. The summed E-state index contributed by atoms with van der Waals surface area (Å²) >= 11 is 0. The minimum Gasteiger partial charge on any atom is -0.490 e. The largest absolute Gasteiger partial charge is 0.490 e. The summed E-state index contributed by atoms with van der Waals surface area (Å²) in [7, 11) is 0. The zero-order valence-corrected chi connectivity index (χ0v) is 15.5. The van der Waals surface area contributed by atoms with Gasteiger partial charge in [0.2, 0.25) is 5.91 Å².